The summed E-state index contributed by atoms with van der Waals surface area (Å²) in [6.07, 6.45) is -6.01. The highest BCUT2D eigenvalue weighted by Crippen LogP contribution is 2.20. The molecule has 104 valence electrons. The lowest BCUT2D eigenvalue weighted by Gasteiger charge is -2.11. The van der Waals surface area contributed by atoms with E-state index in [1.165, 1.54) is 25.1 Å². The Hall–Kier alpha value is -2.25. The van der Waals surface area contributed by atoms with Gasteiger partial charge in [-0.15, -0.1) is 0 Å². The maximum atomic E-state index is 11.8. The summed E-state index contributed by atoms with van der Waals surface area (Å²) in [5, 5.41) is 10.9. The maximum absolute atomic E-state index is 11.8. The second-order valence-corrected chi connectivity index (χ2v) is 3.62. The number of anilines is 1. The molecule has 1 amide bonds. The molecule has 1 aromatic carbocycles. The second kappa shape index (κ2) is 5.59. The fourth-order valence-electron chi connectivity index (χ4n) is 1.35. The van der Waals surface area contributed by atoms with Crippen molar-refractivity contribution in [2.24, 2.45) is 0 Å². The first-order valence-electron chi connectivity index (χ1n) is 5.04. The van der Waals surface area contributed by atoms with Crippen molar-refractivity contribution in [3.8, 4) is 0 Å². The number of carbonyl (C=O) groups is 2. The Labute approximate surface area is 106 Å². The van der Waals surface area contributed by atoms with Crippen LogP contribution in [0.5, 0.6) is 0 Å². The number of hydrogen-bond donors (Lipinski definition) is 2. The van der Waals surface area contributed by atoms with E-state index in [1.54, 1.807) is 0 Å². The summed E-state index contributed by atoms with van der Waals surface area (Å²) >= 11 is 0. The molecular weight excluding hydrogens is 267 g/mol. The number of halogens is 3. The van der Waals surface area contributed by atoms with Gasteiger partial charge in [-0.2, -0.15) is 13.2 Å². The van der Waals surface area contributed by atoms with Gasteiger partial charge in [-0.3, -0.25) is 5.32 Å². The third-order valence-corrected chi connectivity index (χ3v) is 2.09. The van der Waals surface area contributed by atoms with E-state index >= 15 is 0 Å². The average molecular weight is 277 g/mol. The van der Waals surface area contributed by atoms with Gasteiger partial charge in [0.25, 0.3) is 0 Å². The number of ether oxygens (including phenoxy) is 1. The fourth-order valence-corrected chi connectivity index (χ4v) is 1.35. The highest BCUT2D eigenvalue weighted by atomic mass is 19.4. The van der Waals surface area contributed by atoms with Gasteiger partial charge in [0.15, 0.2) is 6.61 Å². The Balaban J connectivity index is 2.80. The SMILES string of the molecule is Cc1cccc(NC(=O)OCC(F)(F)F)c1C(=O)O. The lowest BCUT2D eigenvalue weighted by atomic mass is 10.1. The number of carboxylic acid groups (broad SMARTS) is 1. The minimum absolute atomic E-state index is 0.125. The van der Waals surface area contributed by atoms with Crippen LogP contribution in [0.2, 0.25) is 0 Å². The van der Waals surface area contributed by atoms with Crippen molar-refractivity contribution in [1.82, 2.24) is 0 Å². The molecule has 0 atom stereocenters. The molecule has 0 fully saturated rings. The summed E-state index contributed by atoms with van der Waals surface area (Å²) in [5.41, 5.74) is 0.0345. The topological polar surface area (TPSA) is 75.6 Å². The number of carbonyl (C=O) groups excluding carboxylic acids is 1. The van der Waals surface area contributed by atoms with Crippen molar-refractivity contribution in [2.45, 2.75) is 13.1 Å². The van der Waals surface area contributed by atoms with Crippen molar-refractivity contribution < 1.29 is 32.6 Å². The number of aromatic carboxylic acids is 1. The van der Waals surface area contributed by atoms with Crippen LogP contribution < -0.4 is 5.32 Å². The van der Waals surface area contributed by atoms with Crippen LogP contribution in [0.4, 0.5) is 23.7 Å². The van der Waals surface area contributed by atoms with E-state index in [4.69, 9.17) is 5.11 Å². The predicted octanol–water partition coefficient (Wildman–Crippen LogP) is 2.80. The van der Waals surface area contributed by atoms with Crippen LogP contribution in [0.1, 0.15) is 15.9 Å². The molecule has 0 aliphatic heterocycles. The van der Waals surface area contributed by atoms with Crippen molar-refractivity contribution >= 4 is 17.7 Å². The summed E-state index contributed by atoms with van der Waals surface area (Å²) in [5.74, 6) is -1.30. The smallest absolute Gasteiger partial charge is 0.422 e. The molecule has 0 aliphatic carbocycles. The summed E-state index contributed by atoms with van der Waals surface area (Å²) in [4.78, 5) is 22.1. The number of benzene rings is 1. The van der Waals surface area contributed by atoms with Gasteiger partial charge in [0.2, 0.25) is 0 Å². The largest absolute Gasteiger partial charge is 0.478 e. The summed E-state index contributed by atoms with van der Waals surface area (Å²) < 4.78 is 39.4. The predicted molar refractivity (Wildman–Crippen MR) is 59.2 cm³/mol. The first kappa shape index (κ1) is 14.8. The van der Waals surface area contributed by atoms with Gasteiger partial charge in [0.05, 0.1) is 11.3 Å². The fraction of sp³-hybridized carbons (Fsp3) is 0.273. The van der Waals surface area contributed by atoms with E-state index in [1.807, 2.05) is 5.32 Å². The number of aryl methyl sites for hydroxylation is 1. The molecule has 1 rings (SSSR count). The molecule has 0 aliphatic rings. The molecule has 5 nitrogen and oxygen atoms in total. The molecule has 0 spiro atoms. The molecular formula is C11H10F3NO4. The number of nitrogens with one attached hydrogen (secondary N) is 1. The zero-order valence-electron chi connectivity index (χ0n) is 9.75. The molecule has 0 unspecified atom stereocenters. The van der Waals surface area contributed by atoms with E-state index < -0.39 is 24.8 Å². The zero-order valence-corrected chi connectivity index (χ0v) is 9.75. The van der Waals surface area contributed by atoms with E-state index in [0.29, 0.717) is 5.56 Å². The second-order valence-electron chi connectivity index (χ2n) is 3.62. The maximum Gasteiger partial charge on any atom is 0.422 e. The van der Waals surface area contributed by atoms with E-state index in [9.17, 15) is 22.8 Å². The van der Waals surface area contributed by atoms with Crippen molar-refractivity contribution in [1.29, 1.82) is 0 Å². The third-order valence-electron chi connectivity index (χ3n) is 2.09. The zero-order chi connectivity index (χ0) is 14.6. The lowest BCUT2D eigenvalue weighted by Crippen LogP contribution is -2.24. The van der Waals surface area contributed by atoms with Gasteiger partial charge < -0.3 is 9.84 Å². The Kier molecular flexibility index (Phi) is 4.36. The van der Waals surface area contributed by atoms with Crippen LogP contribution in [0.3, 0.4) is 0 Å². The van der Waals surface area contributed by atoms with Gasteiger partial charge in [0.1, 0.15) is 0 Å². The molecule has 8 heteroatoms. The van der Waals surface area contributed by atoms with Gasteiger partial charge in [-0.05, 0) is 18.6 Å². The van der Waals surface area contributed by atoms with Crippen LogP contribution >= 0.6 is 0 Å². The molecule has 0 radical (unpaired) electrons. The molecule has 1 aromatic rings. The Morgan fingerprint density at radius 2 is 2.00 bits per heavy atom. The first-order valence-corrected chi connectivity index (χ1v) is 5.04. The van der Waals surface area contributed by atoms with Crippen LogP contribution in [0.25, 0.3) is 0 Å². The average Bonchev–Trinajstić information content (AvgIpc) is 2.25. The number of alkyl halides is 3. The number of amides is 1. The lowest BCUT2D eigenvalue weighted by molar-refractivity contribution is -0.159. The summed E-state index contributed by atoms with van der Waals surface area (Å²) in [6.45, 7) is -0.247. The van der Waals surface area contributed by atoms with Gasteiger partial charge in [-0.1, -0.05) is 12.1 Å². The van der Waals surface area contributed by atoms with Crippen LogP contribution in [0.15, 0.2) is 18.2 Å². The molecule has 2 N–H and O–H groups in total. The molecule has 0 aromatic heterocycles. The quantitative estimate of drug-likeness (QED) is 0.890. The monoisotopic (exact) mass is 277 g/mol. The molecule has 0 heterocycles. The molecule has 19 heavy (non-hydrogen) atoms. The van der Waals surface area contributed by atoms with Crippen LogP contribution in [-0.2, 0) is 4.74 Å². The Morgan fingerprint density at radius 1 is 1.37 bits per heavy atom. The van der Waals surface area contributed by atoms with E-state index in [-0.39, 0.29) is 11.3 Å². The molecule has 0 saturated carbocycles. The normalized spacial score (nSPS) is 10.9. The van der Waals surface area contributed by atoms with Gasteiger partial charge in [-0.25, -0.2) is 9.59 Å². The van der Waals surface area contributed by atoms with Crippen molar-refractivity contribution in [3.05, 3.63) is 29.3 Å². The highest BCUT2D eigenvalue weighted by molar-refractivity contribution is 5.99. The Bertz CT molecular complexity index is 499. The van der Waals surface area contributed by atoms with Crippen molar-refractivity contribution in [3.63, 3.8) is 0 Å². The van der Waals surface area contributed by atoms with Gasteiger partial charge in [0, 0.05) is 0 Å². The first-order chi connectivity index (χ1) is 8.70. The highest BCUT2D eigenvalue weighted by Gasteiger charge is 2.29. The standard InChI is InChI=1S/C11H10F3NO4/c1-6-3-2-4-7(8(6)9(16)17)15-10(18)19-5-11(12,13)14/h2-4H,5H2,1H3,(H,15,18)(H,16,17). The summed E-state index contributed by atoms with van der Waals surface area (Å²) in [6, 6.07) is 4.21. The third kappa shape index (κ3) is 4.49. The van der Waals surface area contributed by atoms with E-state index in [0.717, 1.165) is 0 Å². The van der Waals surface area contributed by atoms with Crippen molar-refractivity contribution in [2.75, 3.05) is 11.9 Å². The summed E-state index contributed by atoms with van der Waals surface area (Å²) in [7, 11) is 0. The molecule has 0 saturated heterocycles. The number of carboxylic acids is 1. The molecule has 0 bridgehead atoms. The van der Waals surface area contributed by atoms with E-state index in [2.05, 4.69) is 4.74 Å². The van der Waals surface area contributed by atoms with Gasteiger partial charge >= 0.3 is 18.2 Å². The minimum atomic E-state index is -4.64. The van der Waals surface area contributed by atoms with Crippen LogP contribution in [0, 0.1) is 6.92 Å². The number of hydrogen-bond acceptors (Lipinski definition) is 3. The Morgan fingerprint density at radius 3 is 2.53 bits per heavy atom. The van der Waals surface area contributed by atoms with Crippen LogP contribution in [-0.4, -0.2) is 30.0 Å². The number of rotatable bonds is 3. The minimum Gasteiger partial charge on any atom is -0.478 e.